The minimum atomic E-state index is -0.750. The summed E-state index contributed by atoms with van der Waals surface area (Å²) in [6, 6.07) is 27.1. The van der Waals surface area contributed by atoms with Crippen LogP contribution in [0.4, 0.5) is 0 Å². The fourth-order valence-corrected chi connectivity index (χ4v) is 5.18. The number of benzene rings is 3. The van der Waals surface area contributed by atoms with Crippen molar-refractivity contribution in [1.29, 1.82) is 0 Å². The van der Waals surface area contributed by atoms with Gasteiger partial charge in [-0.05, 0) is 29.5 Å². The van der Waals surface area contributed by atoms with Gasteiger partial charge in [-0.1, -0.05) is 93.6 Å². The first kappa shape index (κ1) is 27.5. The molecule has 1 unspecified atom stereocenters. The van der Waals surface area contributed by atoms with Gasteiger partial charge in [0.15, 0.2) is 0 Å². The van der Waals surface area contributed by atoms with E-state index in [2.05, 4.69) is 61.1 Å². The third kappa shape index (κ3) is 5.91. The lowest BCUT2D eigenvalue weighted by molar-refractivity contribution is 0.0618. The topological polar surface area (TPSA) is 87.5 Å². The second kappa shape index (κ2) is 11.6. The predicted octanol–water partition coefficient (Wildman–Crippen LogP) is 5.32. The van der Waals surface area contributed by atoms with E-state index in [9.17, 15) is 14.7 Å². The van der Waals surface area contributed by atoms with E-state index >= 15 is 0 Å². The number of aliphatic hydroxyl groups is 1. The third-order valence-corrected chi connectivity index (χ3v) is 7.32. The summed E-state index contributed by atoms with van der Waals surface area (Å²) in [5, 5.41) is 14.5. The van der Waals surface area contributed by atoms with Crippen LogP contribution in [0, 0.1) is 5.41 Å². The summed E-state index contributed by atoms with van der Waals surface area (Å²) in [5.74, 6) is 0.289. The third-order valence-electron chi connectivity index (χ3n) is 7.32. The summed E-state index contributed by atoms with van der Waals surface area (Å²) in [6.45, 7) is 7.59. The number of carbonyl (C=O) groups excluding carboxylic acids is 2. The maximum atomic E-state index is 12.7. The Balaban J connectivity index is 1.32. The lowest BCUT2D eigenvalue weighted by atomic mass is 9.86. The van der Waals surface area contributed by atoms with Crippen LogP contribution in [0.25, 0.3) is 11.3 Å². The minimum Gasteiger partial charge on any atom is -0.392 e. The van der Waals surface area contributed by atoms with Gasteiger partial charge in [0.25, 0.3) is 11.8 Å². The monoisotopic (exact) mass is 536 g/mol. The Morgan fingerprint density at radius 1 is 0.850 bits per heavy atom. The molecule has 2 heterocycles. The average Bonchev–Trinajstić information content (AvgIpc) is 3.46. The number of nitrogens with one attached hydrogen (secondary N) is 1. The Kier molecular flexibility index (Phi) is 7.96. The summed E-state index contributed by atoms with van der Waals surface area (Å²) in [4.78, 5) is 31.7. The van der Waals surface area contributed by atoms with E-state index < -0.39 is 6.10 Å². The van der Waals surface area contributed by atoms with Crippen molar-refractivity contribution in [3.05, 3.63) is 114 Å². The largest absolute Gasteiger partial charge is 0.392 e. The van der Waals surface area contributed by atoms with Crippen molar-refractivity contribution < 1.29 is 14.7 Å². The van der Waals surface area contributed by atoms with E-state index in [1.807, 2.05) is 36.4 Å². The number of aromatic nitrogens is 2. The molecule has 4 aromatic rings. The van der Waals surface area contributed by atoms with Crippen molar-refractivity contribution in [2.24, 2.45) is 5.41 Å². The second-order valence-corrected chi connectivity index (χ2v) is 11.4. The first-order valence-corrected chi connectivity index (χ1v) is 13.8. The van der Waals surface area contributed by atoms with Crippen molar-refractivity contribution in [2.45, 2.75) is 45.9 Å². The van der Waals surface area contributed by atoms with Gasteiger partial charge in [-0.15, -0.1) is 0 Å². The van der Waals surface area contributed by atoms with Crippen LogP contribution in [-0.4, -0.2) is 50.6 Å². The highest BCUT2D eigenvalue weighted by molar-refractivity contribution is 6.21. The number of aliphatic hydroxyl groups excluding tert-OH is 1. The maximum Gasteiger partial charge on any atom is 0.261 e. The first-order chi connectivity index (χ1) is 19.2. The van der Waals surface area contributed by atoms with Crippen LogP contribution in [-0.2, 0) is 6.54 Å². The van der Waals surface area contributed by atoms with Gasteiger partial charge < -0.3 is 15.0 Å². The molecular weight excluding hydrogens is 500 g/mol. The molecule has 40 heavy (non-hydrogen) atoms. The number of nitrogens with zero attached hydrogens (tertiary/aromatic N) is 3. The summed E-state index contributed by atoms with van der Waals surface area (Å²) >= 11 is 0. The lowest BCUT2D eigenvalue weighted by Crippen LogP contribution is -2.40. The Bertz CT molecular complexity index is 1440. The Morgan fingerprint density at radius 2 is 1.43 bits per heavy atom. The van der Waals surface area contributed by atoms with Gasteiger partial charge in [-0.3, -0.25) is 14.5 Å². The number of imide groups is 1. The summed E-state index contributed by atoms with van der Waals surface area (Å²) in [6.07, 6.45) is 1.63. The highest BCUT2D eigenvalue weighted by Crippen LogP contribution is 2.34. The number of imidazole rings is 1. The number of rotatable bonds is 10. The normalized spacial score (nSPS) is 14.8. The molecule has 0 radical (unpaired) electrons. The van der Waals surface area contributed by atoms with Crippen molar-refractivity contribution >= 4 is 11.8 Å². The van der Waals surface area contributed by atoms with Crippen LogP contribution in [0.15, 0.2) is 91.1 Å². The molecule has 0 bridgehead atoms. The number of amides is 2. The molecule has 2 N–H and O–H groups in total. The predicted molar refractivity (Wildman–Crippen MR) is 156 cm³/mol. The van der Waals surface area contributed by atoms with Crippen molar-refractivity contribution in [3.63, 3.8) is 0 Å². The number of hydrogen-bond acceptors (Lipinski definition) is 5. The molecule has 2 atom stereocenters. The minimum absolute atomic E-state index is 0.163. The van der Waals surface area contributed by atoms with Crippen molar-refractivity contribution in [3.8, 4) is 11.3 Å². The van der Waals surface area contributed by atoms with Gasteiger partial charge in [-0.25, -0.2) is 4.98 Å². The highest BCUT2D eigenvalue weighted by Gasteiger charge is 2.35. The smallest absolute Gasteiger partial charge is 0.261 e. The fourth-order valence-electron chi connectivity index (χ4n) is 5.18. The van der Waals surface area contributed by atoms with Crippen LogP contribution in [0.3, 0.4) is 0 Å². The second-order valence-electron chi connectivity index (χ2n) is 11.4. The molecule has 0 fully saturated rings. The van der Waals surface area contributed by atoms with E-state index in [1.54, 1.807) is 24.3 Å². The van der Waals surface area contributed by atoms with E-state index in [-0.39, 0.29) is 36.2 Å². The molecule has 1 aliphatic heterocycles. The van der Waals surface area contributed by atoms with Crippen LogP contribution in [0.5, 0.6) is 0 Å². The molecule has 2 amide bonds. The number of fused-ring (bicyclic) bond motifs is 1. The lowest BCUT2D eigenvalue weighted by Gasteiger charge is -2.32. The Morgan fingerprint density at radius 3 is 2.02 bits per heavy atom. The molecule has 7 nitrogen and oxygen atoms in total. The quantitative estimate of drug-likeness (QED) is 0.268. The van der Waals surface area contributed by atoms with Gasteiger partial charge in [-0.2, -0.15) is 0 Å². The van der Waals surface area contributed by atoms with Crippen molar-refractivity contribution in [2.75, 3.05) is 13.1 Å². The molecule has 0 saturated carbocycles. The van der Waals surface area contributed by atoms with Crippen LogP contribution in [0.1, 0.15) is 65.3 Å². The van der Waals surface area contributed by atoms with Gasteiger partial charge in [0.05, 0.1) is 29.0 Å². The zero-order valence-corrected chi connectivity index (χ0v) is 23.2. The van der Waals surface area contributed by atoms with E-state index in [4.69, 9.17) is 4.98 Å². The Labute approximate surface area is 235 Å². The summed E-state index contributed by atoms with van der Waals surface area (Å²) < 4.78 is 2.19. The molecule has 206 valence electrons. The fraction of sp³-hybridized carbons (Fsp3) is 0.303. The van der Waals surface area contributed by atoms with Crippen LogP contribution in [0.2, 0.25) is 0 Å². The Hall–Kier alpha value is -4.07. The van der Waals surface area contributed by atoms with Crippen LogP contribution >= 0.6 is 0 Å². The molecule has 1 aliphatic rings. The standard InChI is InChI=1S/C33H36N4O3/c1-33(2,3)29(34-20-25(38)18-19-37-31(39)26-16-10-11-17-27(26)32(37)40)30-35-28(24-14-8-5-9-15-24)22-36(30)21-23-12-6-4-7-13-23/h4-17,22,25,29,34,38H,18-21H2,1-3H3/t25?,29-/m0/s1. The molecule has 3 aromatic carbocycles. The molecule has 0 aliphatic carbocycles. The average molecular weight is 537 g/mol. The zero-order chi connectivity index (χ0) is 28.3. The van der Waals surface area contributed by atoms with Gasteiger partial charge in [0.2, 0.25) is 0 Å². The van der Waals surface area contributed by atoms with E-state index in [0.717, 1.165) is 17.1 Å². The van der Waals surface area contributed by atoms with Crippen LogP contribution < -0.4 is 5.32 Å². The van der Waals surface area contributed by atoms with Crippen molar-refractivity contribution in [1.82, 2.24) is 19.8 Å². The molecule has 1 aromatic heterocycles. The van der Waals surface area contributed by atoms with Gasteiger partial charge >= 0.3 is 0 Å². The zero-order valence-electron chi connectivity index (χ0n) is 23.2. The number of carbonyl (C=O) groups is 2. The molecule has 0 spiro atoms. The number of hydrogen-bond donors (Lipinski definition) is 2. The first-order valence-electron chi connectivity index (χ1n) is 13.8. The van der Waals surface area contributed by atoms with E-state index in [0.29, 0.717) is 24.2 Å². The summed E-state index contributed by atoms with van der Waals surface area (Å²) in [7, 11) is 0. The van der Waals surface area contributed by atoms with Gasteiger partial charge in [0, 0.05) is 31.4 Å². The van der Waals surface area contributed by atoms with E-state index in [1.165, 1.54) is 10.5 Å². The molecule has 7 heteroatoms. The van der Waals surface area contributed by atoms with Gasteiger partial charge in [0.1, 0.15) is 5.82 Å². The SMILES string of the molecule is CC(C)(C)[C@@H](NCC(O)CCN1C(=O)c2ccccc2C1=O)c1nc(-c2ccccc2)cn1Cc1ccccc1. The highest BCUT2D eigenvalue weighted by atomic mass is 16.3. The summed E-state index contributed by atoms with van der Waals surface area (Å²) in [5.41, 5.74) is 3.75. The maximum absolute atomic E-state index is 12.7. The molecule has 5 rings (SSSR count). The molecular formula is C33H36N4O3. The molecule has 0 saturated heterocycles.